The van der Waals surface area contributed by atoms with E-state index in [1.54, 1.807) is 30.3 Å². The van der Waals surface area contributed by atoms with Gasteiger partial charge in [-0.25, -0.2) is 13.8 Å². The number of alkyl halides is 5. The second-order valence-electron chi connectivity index (χ2n) is 12.5. The summed E-state index contributed by atoms with van der Waals surface area (Å²) in [6.45, 7) is 1.36. The number of halogens is 6. The van der Waals surface area contributed by atoms with E-state index in [0.717, 1.165) is 40.7 Å². The van der Waals surface area contributed by atoms with E-state index in [9.17, 15) is 31.5 Å². The number of aryl methyl sites for hydroxylation is 1. The van der Waals surface area contributed by atoms with Crippen LogP contribution in [0.4, 0.5) is 27.6 Å². The van der Waals surface area contributed by atoms with Crippen molar-refractivity contribution in [3.63, 3.8) is 0 Å². The minimum Gasteiger partial charge on any atom is -0.485 e. The van der Waals surface area contributed by atoms with Gasteiger partial charge in [-0.1, -0.05) is 12.1 Å². The molecule has 3 aromatic carbocycles. The molecule has 6 rings (SSSR count). The van der Waals surface area contributed by atoms with Gasteiger partial charge < -0.3 is 23.8 Å². The van der Waals surface area contributed by atoms with Gasteiger partial charge >= 0.3 is 6.18 Å². The lowest BCUT2D eigenvalue weighted by Crippen LogP contribution is -2.48. The number of anilines is 1. The molecule has 15 heteroatoms. The number of ether oxygens (including phenoxy) is 2. The third kappa shape index (κ3) is 9.14. The van der Waals surface area contributed by atoms with Gasteiger partial charge in [0.2, 0.25) is 5.88 Å². The van der Waals surface area contributed by atoms with E-state index in [-0.39, 0.29) is 34.3 Å². The van der Waals surface area contributed by atoms with Crippen LogP contribution in [-0.4, -0.2) is 83.8 Å². The van der Waals surface area contributed by atoms with Crippen LogP contribution in [0.3, 0.4) is 0 Å². The number of carbonyl (C=O) groups excluding carboxylic acids is 2. The number of pyridine rings is 1. The lowest BCUT2D eigenvalue weighted by Gasteiger charge is -2.34. The molecule has 0 N–H and O–H groups in total. The number of fused-ring (bicyclic) bond motifs is 1. The molecular formula is C38H37BrF5N5O4. The van der Waals surface area contributed by atoms with Gasteiger partial charge in [-0.15, -0.1) is 17.0 Å². The van der Waals surface area contributed by atoms with Gasteiger partial charge in [-0.05, 0) is 66.2 Å². The van der Waals surface area contributed by atoms with Gasteiger partial charge in [0.15, 0.2) is 6.10 Å². The molecule has 280 valence electrons. The smallest absolute Gasteiger partial charge is 0.416 e. The van der Waals surface area contributed by atoms with E-state index >= 15 is 0 Å². The van der Waals surface area contributed by atoms with E-state index < -0.39 is 37.1 Å². The van der Waals surface area contributed by atoms with Crippen molar-refractivity contribution in [3.05, 3.63) is 114 Å². The molecule has 5 aromatic rings. The van der Waals surface area contributed by atoms with Gasteiger partial charge in [0.05, 0.1) is 23.0 Å². The molecule has 0 spiro atoms. The molecule has 0 aliphatic carbocycles. The van der Waals surface area contributed by atoms with Crippen molar-refractivity contribution >= 4 is 45.4 Å². The van der Waals surface area contributed by atoms with E-state index in [2.05, 4.69) is 9.88 Å². The third-order valence-electron chi connectivity index (χ3n) is 8.97. The molecular weight excluding hydrogens is 765 g/mol. The van der Waals surface area contributed by atoms with Crippen molar-refractivity contribution in [1.29, 1.82) is 0 Å². The lowest BCUT2D eigenvalue weighted by atomic mass is 10.1. The van der Waals surface area contributed by atoms with Crippen LogP contribution in [0, 0.1) is 0 Å². The van der Waals surface area contributed by atoms with Crippen LogP contribution in [-0.2, 0) is 19.8 Å². The Morgan fingerprint density at radius 3 is 2.13 bits per heavy atom. The summed E-state index contributed by atoms with van der Waals surface area (Å²) in [5.41, 5.74) is 2.04. The molecule has 9 nitrogen and oxygen atoms in total. The summed E-state index contributed by atoms with van der Waals surface area (Å²) in [6, 6.07) is 21.6. The first-order valence-electron chi connectivity index (χ1n) is 16.5. The molecule has 2 amide bonds. The van der Waals surface area contributed by atoms with Crippen molar-refractivity contribution in [2.24, 2.45) is 7.05 Å². The summed E-state index contributed by atoms with van der Waals surface area (Å²) in [5.74, 6) is 0.587. The Hall–Kier alpha value is -5.02. The Morgan fingerprint density at radius 1 is 0.868 bits per heavy atom. The van der Waals surface area contributed by atoms with Gasteiger partial charge in [-0.2, -0.15) is 13.2 Å². The minimum atomic E-state index is -4.49. The summed E-state index contributed by atoms with van der Waals surface area (Å²) < 4.78 is 77.3. The quantitative estimate of drug-likeness (QED) is 0.127. The minimum absolute atomic E-state index is 0. The largest absolute Gasteiger partial charge is 0.485 e. The number of carbonyl (C=O) groups is 2. The van der Waals surface area contributed by atoms with Crippen LogP contribution >= 0.6 is 17.0 Å². The standard InChI is InChI=1S/C38H36F5N5O4.BrH/c1-45(36(49)26-5-8-28(9-6-26)38(41,42)43)29-10-14-35(44-23-29)52-31-13-7-27-19-34(46(2)33(27)20-31)37(50)48-17-15-47(16-18-48)24-25-3-11-30(12-4-25)51-32(21-39)22-40;/h3-14,19-20,23,32H,15-18,21-22,24H2,1-2H3;1H. The van der Waals surface area contributed by atoms with Crippen LogP contribution < -0.4 is 14.4 Å². The molecule has 1 aliphatic heterocycles. The van der Waals surface area contributed by atoms with Gasteiger partial charge in [0, 0.05) is 69.9 Å². The average molecular weight is 803 g/mol. The molecule has 1 fully saturated rings. The number of hydrogen-bond acceptors (Lipinski definition) is 6. The topological polar surface area (TPSA) is 80.1 Å². The zero-order valence-corrected chi connectivity index (χ0v) is 30.6. The number of benzene rings is 3. The molecule has 0 radical (unpaired) electrons. The van der Waals surface area contributed by atoms with Crippen molar-refractivity contribution in [3.8, 4) is 17.4 Å². The summed E-state index contributed by atoms with van der Waals surface area (Å²) in [7, 11) is 3.32. The summed E-state index contributed by atoms with van der Waals surface area (Å²) in [4.78, 5) is 36.1. The third-order valence-corrected chi connectivity index (χ3v) is 8.97. The maximum absolute atomic E-state index is 13.6. The lowest BCUT2D eigenvalue weighted by molar-refractivity contribution is -0.137. The van der Waals surface area contributed by atoms with Gasteiger partial charge in [0.25, 0.3) is 11.8 Å². The van der Waals surface area contributed by atoms with E-state index in [1.807, 2.05) is 46.8 Å². The number of nitrogens with zero attached hydrogens (tertiary/aromatic N) is 5. The number of hydrogen-bond donors (Lipinski definition) is 0. The Bertz CT molecular complexity index is 2010. The van der Waals surface area contributed by atoms with E-state index in [1.165, 1.54) is 18.1 Å². The molecule has 0 atom stereocenters. The summed E-state index contributed by atoms with van der Waals surface area (Å²) in [5, 5.41) is 0.861. The Balaban J connectivity index is 0.00000541. The molecule has 0 unspecified atom stereocenters. The number of aromatic nitrogens is 2. The van der Waals surface area contributed by atoms with Crippen molar-refractivity contribution in [2.45, 2.75) is 18.8 Å². The fourth-order valence-electron chi connectivity index (χ4n) is 5.94. The van der Waals surface area contributed by atoms with Crippen LogP contribution in [0.1, 0.15) is 32.0 Å². The summed E-state index contributed by atoms with van der Waals surface area (Å²) in [6.07, 6.45) is -4.16. The molecule has 1 saturated heterocycles. The fraction of sp³-hybridized carbons (Fsp3) is 0.289. The number of rotatable bonds is 11. The number of piperazine rings is 1. The van der Waals surface area contributed by atoms with E-state index in [0.29, 0.717) is 55.6 Å². The van der Waals surface area contributed by atoms with Crippen LogP contribution in [0.5, 0.6) is 17.4 Å². The molecule has 0 bridgehead atoms. The first-order chi connectivity index (χ1) is 24.9. The highest BCUT2D eigenvalue weighted by Crippen LogP contribution is 2.31. The SMILES string of the molecule is Br.CN(C(=O)c1ccc(C(F)(F)F)cc1)c1ccc(Oc2ccc3cc(C(=O)N4CCN(Cc5ccc(OC(CF)CF)cc5)CC4)n(C)c3c2)nc1. The highest BCUT2D eigenvalue weighted by atomic mass is 79.9. The molecule has 53 heavy (non-hydrogen) atoms. The summed E-state index contributed by atoms with van der Waals surface area (Å²) >= 11 is 0. The second kappa shape index (κ2) is 16.8. The fourth-order valence-corrected chi connectivity index (χ4v) is 5.94. The second-order valence-corrected chi connectivity index (χ2v) is 12.5. The molecule has 3 heterocycles. The first-order valence-corrected chi connectivity index (χ1v) is 16.5. The van der Waals surface area contributed by atoms with Crippen molar-refractivity contribution < 1.29 is 41.0 Å². The zero-order valence-electron chi connectivity index (χ0n) is 28.9. The Morgan fingerprint density at radius 2 is 1.53 bits per heavy atom. The van der Waals surface area contributed by atoms with Crippen LogP contribution in [0.2, 0.25) is 0 Å². The Labute approximate surface area is 313 Å². The average Bonchev–Trinajstić information content (AvgIpc) is 3.49. The van der Waals surface area contributed by atoms with Gasteiger partial charge in [-0.3, -0.25) is 14.5 Å². The molecule has 2 aromatic heterocycles. The molecule has 0 saturated carbocycles. The van der Waals surface area contributed by atoms with Gasteiger partial charge in [0.1, 0.15) is 30.5 Å². The Kier molecular flexibility index (Phi) is 12.4. The van der Waals surface area contributed by atoms with Crippen LogP contribution in [0.25, 0.3) is 10.9 Å². The highest BCUT2D eigenvalue weighted by molar-refractivity contribution is 8.93. The number of amides is 2. The molecule has 1 aliphatic rings. The predicted molar refractivity (Wildman–Crippen MR) is 196 cm³/mol. The monoisotopic (exact) mass is 801 g/mol. The first kappa shape index (κ1) is 39.2. The van der Waals surface area contributed by atoms with Crippen LogP contribution in [0.15, 0.2) is 91.1 Å². The highest BCUT2D eigenvalue weighted by Gasteiger charge is 2.30. The van der Waals surface area contributed by atoms with E-state index in [4.69, 9.17) is 9.47 Å². The van der Waals surface area contributed by atoms with Crippen molar-refractivity contribution in [2.75, 3.05) is 51.5 Å². The normalized spacial score (nSPS) is 13.5. The maximum atomic E-state index is 13.6. The van der Waals surface area contributed by atoms with Crippen molar-refractivity contribution in [1.82, 2.24) is 19.4 Å². The maximum Gasteiger partial charge on any atom is 0.416 e. The predicted octanol–water partition coefficient (Wildman–Crippen LogP) is 7.88. The zero-order chi connectivity index (χ0) is 37.0.